The minimum absolute atomic E-state index is 0.224. The summed E-state index contributed by atoms with van der Waals surface area (Å²) in [4.78, 5) is 17.5. The molecule has 7 heteroatoms. The Morgan fingerprint density at radius 1 is 1.05 bits per heavy atom. The fourth-order valence-corrected chi connectivity index (χ4v) is 2.27. The van der Waals surface area contributed by atoms with Gasteiger partial charge in [-0.05, 0) is 44.5 Å². The molecule has 1 rings (SSSR count). The summed E-state index contributed by atoms with van der Waals surface area (Å²) in [5.74, 6) is 1.66. The number of nitrogens with zero attached hydrogens (tertiary/aromatic N) is 5. The molecule has 1 N–H and O–H groups in total. The second-order valence-electron chi connectivity index (χ2n) is 6.09. The first kappa shape index (κ1) is 18.9. The van der Waals surface area contributed by atoms with E-state index in [4.69, 9.17) is 11.6 Å². The van der Waals surface area contributed by atoms with Crippen LogP contribution >= 0.6 is 11.6 Å². The van der Waals surface area contributed by atoms with Crippen molar-refractivity contribution in [1.29, 1.82) is 0 Å². The van der Waals surface area contributed by atoms with Gasteiger partial charge in [0.1, 0.15) is 0 Å². The summed E-state index contributed by atoms with van der Waals surface area (Å²) in [5.41, 5.74) is 0. The van der Waals surface area contributed by atoms with Crippen molar-refractivity contribution in [2.75, 3.05) is 36.5 Å². The molecule has 0 saturated heterocycles. The molecule has 1 heterocycles. The third-order valence-corrected chi connectivity index (χ3v) is 3.32. The van der Waals surface area contributed by atoms with E-state index in [1.807, 2.05) is 13.8 Å². The second kappa shape index (κ2) is 9.10. The largest absolute Gasteiger partial charge is 0.352 e. The van der Waals surface area contributed by atoms with Gasteiger partial charge < -0.3 is 10.2 Å². The molecule has 1 aromatic heterocycles. The minimum atomic E-state index is 0.224. The SMILES string of the molecule is CCN(CC)CN(CC(C)C)c1nc(Cl)nc(NC(C)C)n1. The molecule has 0 bridgehead atoms. The van der Waals surface area contributed by atoms with E-state index < -0.39 is 0 Å². The van der Waals surface area contributed by atoms with Crippen molar-refractivity contribution in [3.05, 3.63) is 5.28 Å². The summed E-state index contributed by atoms with van der Waals surface area (Å²) in [5, 5.41) is 3.41. The molecule has 0 spiro atoms. The van der Waals surface area contributed by atoms with Crippen LogP contribution in [0.25, 0.3) is 0 Å². The molecule has 0 aliphatic carbocycles. The third kappa shape index (κ3) is 6.32. The Morgan fingerprint density at radius 3 is 2.18 bits per heavy atom. The minimum Gasteiger partial charge on any atom is -0.352 e. The van der Waals surface area contributed by atoms with Gasteiger partial charge in [0.15, 0.2) is 0 Å². The van der Waals surface area contributed by atoms with E-state index in [-0.39, 0.29) is 11.3 Å². The maximum atomic E-state index is 6.08. The summed E-state index contributed by atoms with van der Waals surface area (Å²) in [6.45, 7) is 16.4. The molecular formula is C15H29ClN6. The summed E-state index contributed by atoms with van der Waals surface area (Å²) < 4.78 is 0. The number of nitrogens with one attached hydrogen (secondary N) is 1. The summed E-state index contributed by atoms with van der Waals surface area (Å²) in [6, 6.07) is 0.243. The van der Waals surface area contributed by atoms with Crippen LogP contribution in [0.5, 0.6) is 0 Å². The van der Waals surface area contributed by atoms with Gasteiger partial charge >= 0.3 is 0 Å². The first-order valence-corrected chi connectivity index (χ1v) is 8.38. The highest BCUT2D eigenvalue weighted by molar-refractivity contribution is 6.28. The van der Waals surface area contributed by atoms with Crippen molar-refractivity contribution < 1.29 is 0 Å². The van der Waals surface area contributed by atoms with Gasteiger partial charge in [0.25, 0.3) is 0 Å². The highest BCUT2D eigenvalue weighted by Gasteiger charge is 2.17. The zero-order chi connectivity index (χ0) is 16.7. The van der Waals surface area contributed by atoms with Crippen molar-refractivity contribution >= 4 is 23.5 Å². The lowest BCUT2D eigenvalue weighted by Gasteiger charge is -2.30. The summed E-state index contributed by atoms with van der Waals surface area (Å²) in [6.07, 6.45) is 0. The third-order valence-electron chi connectivity index (χ3n) is 3.15. The van der Waals surface area contributed by atoms with Crippen LogP contribution in [0.15, 0.2) is 0 Å². The van der Waals surface area contributed by atoms with Crippen LogP contribution in [-0.4, -0.2) is 52.2 Å². The average molecular weight is 329 g/mol. The Labute approximate surface area is 139 Å². The lowest BCUT2D eigenvalue weighted by molar-refractivity contribution is 0.295. The van der Waals surface area contributed by atoms with Crippen LogP contribution in [0.4, 0.5) is 11.9 Å². The second-order valence-corrected chi connectivity index (χ2v) is 6.43. The zero-order valence-electron chi connectivity index (χ0n) is 14.6. The van der Waals surface area contributed by atoms with Gasteiger partial charge in [0.05, 0.1) is 6.67 Å². The van der Waals surface area contributed by atoms with Gasteiger partial charge in [0.2, 0.25) is 17.2 Å². The number of anilines is 2. The van der Waals surface area contributed by atoms with Crippen LogP contribution in [-0.2, 0) is 0 Å². The van der Waals surface area contributed by atoms with Crippen molar-refractivity contribution in [3.8, 4) is 0 Å². The highest BCUT2D eigenvalue weighted by Crippen LogP contribution is 2.16. The molecule has 0 amide bonds. The first-order valence-electron chi connectivity index (χ1n) is 8.01. The van der Waals surface area contributed by atoms with E-state index in [2.05, 4.69) is 57.8 Å². The maximum absolute atomic E-state index is 6.08. The van der Waals surface area contributed by atoms with Gasteiger partial charge in [-0.1, -0.05) is 27.7 Å². The van der Waals surface area contributed by atoms with Crippen molar-refractivity contribution in [2.45, 2.75) is 47.6 Å². The lowest BCUT2D eigenvalue weighted by Crippen LogP contribution is -2.40. The Morgan fingerprint density at radius 2 is 1.68 bits per heavy atom. The van der Waals surface area contributed by atoms with Crippen LogP contribution < -0.4 is 10.2 Å². The number of rotatable bonds is 9. The van der Waals surface area contributed by atoms with E-state index in [0.717, 1.165) is 26.3 Å². The molecule has 0 fully saturated rings. The number of hydrogen-bond donors (Lipinski definition) is 1. The molecule has 0 saturated carbocycles. The topological polar surface area (TPSA) is 57.2 Å². The summed E-state index contributed by atoms with van der Waals surface area (Å²) >= 11 is 6.08. The molecule has 6 nitrogen and oxygen atoms in total. The number of hydrogen-bond acceptors (Lipinski definition) is 6. The van der Waals surface area contributed by atoms with Crippen molar-refractivity contribution in [1.82, 2.24) is 19.9 Å². The predicted octanol–water partition coefficient (Wildman–Crippen LogP) is 3.11. The Hall–Kier alpha value is -1.14. The number of aromatic nitrogens is 3. The molecule has 0 radical (unpaired) electrons. The molecule has 0 unspecified atom stereocenters. The molecule has 0 aliphatic heterocycles. The van der Waals surface area contributed by atoms with Crippen molar-refractivity contribution in [2.24, 2.45) is 5.92 Å². The van der Waals surface area contributed by atoms with E-state index in [0.29, 0.717) is 17.8 Å². The van der Waals surface area contributed by atoms with Crippen LogP contribution in [0.3, 0.4) is 0 Å². The first-order chi connectivity index (χ1) is 10.3. The van der Waals surface area contributed by atoms with E-state index in [1.165, 1.54) is 0 Å². The van der Waals surface area contributed by atoms with E-state index in [1.54, 1.807) is 0 Å². The van der Waals surface area contributed by atoms with Gasteiger partial charge in [0, 0.05) is 12.6 Å². The lowest BCUT2D eigenvalue weighted by atomic mass is 10.2. The van der Waals surface area contributed by atoms with E-state index in [9.17, 15) is 0 Å². The highest BCUT2D eigenvalue weighted by atomic mass is 35.5. The molecule has 0 aliphatic rings. The molecule has 22 heavy (non-hydrogen) atoms. The normalized spacial score (nSPS) is 11.5. The predicted molar refractivity (Wildman–Crippen MR) is 93.6 cm³/mol. The van der Waals surface area contributed by atoms with Crippen LogP contribution in [0.2, 0.25) is 5.28 Å². The van der Waals surface area contributed by atoms with Gasteiger partial charge in [-0.3, -0.25) is 4.90 Å². The molecule has 0 aromatic carbocycles. The standard InChI is InChI=1S/C15H29ClN6/c1-7-21(8-2)10-22(9-11(3)4)15-19-13(16)18-14(20-15)17-12(5)6/h11-12H,7-10H2,1-6H3,(H,17,18,19,20). The quantitative estimate of drug-likeness (QED) is 0.703. The molecule has 126 valence electrons. The van der Waals surface area contributed by atoms with Gasteiger partial charge in [-0.25, -0.2) is 0 Å². The van der Waals surface area contributed by atoms with Crippen LogP contribution in [0.1, 0.15) is 41.5 Å². The monoisotopic (exact) mass is 328 g/mol. The Balaban J connectivity index is 3.03. The fourth-order valence-electron chi connectivity index (χ4n) is 2.11. The average Bonchev–Trinajstić information content (AvgIpc) is 2.41. The zero-order valence-corrected chi connectivity index (χ0v) is 15.4. The Bertz CT molecular complexity index is 448. The van der Waals surface area contributed by atoms with E-state index >= 15 is 0 Å². The molecule has 0 atom stereocenters. The Kier molecular flexibility index (Phi) is 7.82. The number of halogens is 1. The molecule has 1 aromatic rings. The maximum Gasteiger partial charge on any atom is 0.232 e. The van der Waals surface area contributed by atoms with Crippen LogP contribution in [0, 0.1) is 5.92 Å². The molecular weight excluding hydrogens is 300 g/mol. The van der Waals surface area contributed by atoms with Crippen molar-refractivity contribution in [3.63, 3.8) is 0 Å². The fraction of sp³-hybridized carbons (Fsp3) is 0.800. The van der Waals surface area contributed by atoms with Gasteiger partial charge in [-0.15, -0.1) is 0 Å². The smallest absolute Gasteiger partial charge is 0.232 e. The van der Waals surface area contributed by atoms with Gasteiger partial charge in [-0.2, -0.15) is 15.0 Å². The summed E-state index contributed by atoms with van der Waals surface area (Å²) in [7, 11) is 0.